The van der Waals surface area contributed by atoms with Gasteiger partial charge < -0.3 is 5.21 Å². The molecular formula is C10H7N2O6. The highest BCUT2D eigenvalue weighted by Gasteiger charge is 2.47. The summed E-state index contributed by atoms with van der Waals surface area (Å²) in [4.78, 5) is 32.7. The van der Waals surface area contributed by atoms with E-state index < -0.39 is 38.5 Å². The number of quaternary nitrogens is 1. The van der Waals surface area contributed by atoms with E-state index in [4.69, 9.17) is 0 Å². The van der Waals surface area contributed by atoms with Crippen molar-refractivity contribution in [2.75, 3.05) is 0 Å². The van der Waals surface area contributed by atoms with E-state index >= 15 is 0 Å². The van der Waals surface area contributed by atoms with Crippen LogP contribution in [-0.4, -0.2) is 16.7 Å². The van der Waals surface area contributed by atoms with Crippen molar-refractivity contribution < 1.29 is 19.6 Å². The number of hydrogen-bond acceptors (Lipinski definition) is 5. The van der Waals surface area contributed by atoms with E-state index in [1.807, 2.05) is 0 Å². The van der Waals surface area contributed by atoms with Crippen LogP contribution in [-0.2, 0) is 14.7 Å². The van der Waals surface area contributed by atoms with Crippen LogP contribution in [0, 0.1) is 15.3 Å². The fourth-order valence-corrected chi connectivity index (χ4v) is 1.80. The van der Waals surface area contributed by atoms with Gasteiger partial charge in [0.2, 0.25) is 11.4 Å². The van der Waals surface area contributed by atoms with Gasteiger partial charge in [-0.1, -0.05) is 0 Å². The summed E-state index contributed by atoms with van der Waals surface area (Å²) in [6, 6.07) is 2.42. The maximum atomic E-state index is 12.2. The average Bonchev–Trinajstić information content (AvgIpc) is 2.58. The van der Waals surface area contributed by atoms with Crippen LogP contribution in [0.15, 0.2) is 18.2 Å². The Balaban J connectivity index is 2.63. The summed E-state index contributed by atoms with van der Waals surface area (Å²) < 4.78 is -2.03. The van der Waals surface area contributed by atoms with Gasteiger partial charge in [-0.15, -0.1) is 0 Å². The summed E-state index contributed by atoms with van der Waals surface area (Å²) in [7, 11) is 0. The molecule has 0 atom stereocenters. The highest BCUT2D eigenvalue weighted by molar-refractivity contribution is 6.15. The number of non-ortho nitro benzene ring substituents is 1. The van der Waals surface area contributed by atoms with Crippen LogP contribution < -0.4 is 4.65 Å². The van der Waals surface area contributed by atoms with Crippen LogP contribution >= 0.6 is 0 Å². The molecule has 2 rings (SSSR count). The molecule has 8 heteroatoms. The highest BCUT2D eigenvalue weighted by atomic mass is 16.6. The molecule has 1 heterocycles. The van der Waals surface area contributed by atoms with Crippen LogP contribution in [0.3, 0.4) is 0 Å². The Hall–Kier alpha value is -2.32. The van der Waals surface area contributed by atoms with E-state index in [-0.39, 0.29) is 12.8 Å². The SMILES string of the molecule is [O]c1ccc([N+](=O)[O-])cc1[N+]1([O-])C(=O)CCC1=O. The lowest BCUT2D eigenvalue weighted by Crippen LogP contribution is -2.47. The second kappa shape index (κ2) is 3.86. The number of benzene rings is 1. The predicted molar refractivity (Wildman–Crippen MR) is 57.6 cm³/mol. The Morgan fingerprint density at radius 1 is 1.17 bits per heavy atom. The smallest absolute Gasteiger partial charge is 0.326 e. The summed E-state index contributed by atoms with van der Waals surface area (Å²) in [5.74, 6) is -2.81. The first-order chi connectivity index (χ1) is 8.37. The number of imide groups is 1. The fraction of sp³-hybridized carbons (Fsp3) is 0.200. The van der Waals surface area contributed by atoms with E-state index in [1.165, 1.54) is 0 Å². The Morgan fingerprint density at radius 2 is 1.72 bits per heavy atom. The normalized spacial score (nSPS) is 18.1. The molecule has 1 fully saturated rings. The zero-order valence-electron chi connectivity index (χ0n) is 8.99. The number of carbonyl (C=O) groups excluding carboxylic acids is 2. The fourth-order valence-electron chi connectivity index (χ4n) is 1.80. The number of hydroxylamine groups is 2. The van der Waals surface area contributed by atoms with Gasteiger partial charge in [-0.2, -0.15) is 4.65 Å². The van der Waals surface area contributed by atoms with Gasteiger partial charge in [-0.25, -0.2) is 9.59 Å². The van der Waals surface area contributed by atoms with Gasteiger partial charge >= 0.3 is 11.8 Å². The van der Waals surface area contributed by atoms with Crippen LogP contribution in [0.25, 0.3) is 0 Å². The maximum absolute atomic E-state index is 12.2. The Morgan fingerprint density at radius 3 is 2.22 bits per heavy atom. The number of amides is 2. The standard InChI is InChI=1S/C10H7N2O6/c13-8-2-1-6(11(16)17)5-7(8)12(18)9(14)3-4-10(12)15/h1-2,5H,3-4H2. The lowest BCUT2D eigenvalue weighted by molar-refractivity contribution is -0.384. The molecule has 0 saturated carbocycles. The van der Waals surface area contributed by atoms with E-state index in [0.717, 1.165) is 12.1 Å². The third-order valence-corrected chi connectivity index (χ3v) is 2.75. The molecule has 1 saturated heterocycles. The number of nitro groups is 1. The highest BCUT2D eigenvalue weighted by Crippen LogP contribution is 2.39. The third-order valence-electron chi connectivity index (χ3n) is 2.75. The zero-order chi connectivity index (χ0) is 13.5. The van der Waals surface area contributed by atoms with Crippen LogP contribution in [0.1, 0.15) is 12.8 Å². The number of rotatable bonds is 2. The molecule has 0 unspecified atom stereocenters. The van der Waals surface area contributed by atoms with Crippen LogP contribution in [0.2, 0.25) is 0 Å². The average molecular weight is 251 g/mol. The number of nitrogens with zero attached hydrogens (tertiary/aromatic N) is 2. The predicted octanol–water partition coefficient (Wildman–Crippen LogP) is 1.39. The molecule has 2 amide bonds. The summed E-state index contributed by atoms with van der Waals surface area (Å²) in [6.45, 7) is 0. The van der Waals surface area contributed by atoms with Crippen LogP contribution in [0.4, 0.5) is 11.4 Å². The Kier molecular flexibility index (Phi) is 2.60. The molecule has 18 heavy (non-hydrogen) atoms. The first-order valence-electron chi connectivity index (χ1n) is 5.00. The molecule has 0 aromatic heterocycles. The monoisotopic (exact) mass is 251 g/mol. The molecule has 1 aromatic carbocycles. The molecule has 0 bridgehead atoms. The van der Waals surface area contributed by atoms with Crippen molar-refractivity contribution >= 4 is 23.2 Å². The summed E-state index contributed by atoms with van der Waals surface area (Å²) in [5, 5.41) is 34.3. The Labute approximate surface area is 100 Å². The largest absolute Gasteiger partial charge is 0.612 e. The third kappa shape index (κ3) is 1.55. The van der Waals surface area contributed by atoms with Gasteiger partial charge in [0.25, 0.3) is 5.69 Å². The molecule has 93 valence electrons. The van der Waals surface area contributed by atoms with Gasteiger partial charge in [0, 0.05) is 6.07 Å². The molecule has 1 aliphatic rings. The maximum Gasteiger partial charge on any atom is 0.326 e. The molecule has 0 N–H and O–H groups in total. The second-order valence-corrected chi connectivity index (χ2v) is 3.81. The van der Waals surface area contributed by atoms with E-state index in [2.05, 4.69) is 0 Å². The van der Waals surface area contributed by atoms with Crippen molar-refractivity contribution in [3.05, 3.63) is 33.5 Å². The lowest BCUT2D eigenvalue weighted by Gasteiger charge is -2.31. The Bertz CT molecular complexity index is 551. The quantitative estimate of drug-likeness (QED) is 0.258. The molecule has 8 nitrogen and oxygen atoms in total. The minimum atomic E-state index is -2.03. The van der Waals surface area contributed by atoms with Gasteiger partial charge in [-0.3, -0.25) is 15.2 Å². The van der Waals surface area contributed by atoms with Crippen molar-refractivity contribution in [3.63, 3.8) is 0 Å². The van der Waals surface area contributed by atoms with E-state index in [0.29, 0.717) is 6.07 Å². The minimum absolute atomic E-state index is 0.259. The molecule has 0 spiro atoms. The van der Waals surface area contributed by atoms with Gasteiger partial charge in [-0.05, 0) is 6.07 Å². The van der Waals surface area contributed by atoms with Crippen molar-refractivity contribution in [2.24, 2.45) is 0 Å². The first-order valence-corrected chi connectivity index (χ1v) is 5.00. The van der Waals surface area contributed by atoms with Gasteiger partial charge in [0.05, 0.1) is 23.8 Å². The van der Waals surface area contributed by atoms with E-state index in [9.17, 15) is 30.0 Å². The van der Waals surface area contributed by atoms with Crippen molar-refractivity contribution in [1.29, 1.82) is 0 Å². The van der Waals surface area contributed by atoms with Crippen molar-refractivity contribution in [1.82, 2.24) is 4.65 Å². The topological polar surface area (TPSA) is 120 Å². The molecule has 1 aliphatic heterocycles. The number of carbonyl (C=O) groups is 2. The van der Waals surface area contributed by atoms with Crippen molar-refractivity contribution in [2.45, 2.75) is 12.8 Å². The zero-order valence-corrected chi connectivity index (χ0v) is 8.99. The van der Waals surface area contributed by atoms with Crippen LogP contribution in [0.5, 0.6) is 5.75 Å². The van der Waals surface area contributed by atoms with Gasteiger partial charge in [0.1, 0.15) is 0 Å². The molecule has 1 aromatic rings. The molecular weight excluding hydrogens is 244 g/mol. The van der Waals surface area contributed by atoms with E-state index in [1.54, 1.807) is 0 Å². The lowest BCUT2D eigenvalue weighted by atomic mass is 10.2. The summed E-state index contributed by atoms with van der Waals surface area (Å²) >= 11 is 0. The number of nitro benzene ring substituents is 1. The number of hydrogen-bond donors (Lipinski definition) is 0. The van der Waals surface area contributed by atoms with Gasteiger partial charge in [0.15, 0.2) is 0 Å². The first kappa shape index (κ1) is 12.1. The minimum Gasteiger partial charge on any atom is -0.612 e. The summed E-state index contributed by atoms with van der Waals surface area (Å²) in [5.41, 5.74) is -1.22. The summed E-state index contributed by atoms with van der Waals surface area (Å²) in [6.07, 6.45) is -0.519. The van der Waals surface area contributed by atoms with Crippen molar-refractivity contribution in [3.8, 4) is 5.75 Å². The molecule has 0 aliphatic carbocycles. The molecule has 1 radical (unpaired) electrons. The second-order valence-electron chi connectivity index (χ2n) is 3.81.